The molecular weight excluding hydrogens is 440 g/mol. The van der Waals surface area contributed by atoms with Crippen LogP contribution in [0.4, 0.5) is 5.69 Å². The van der Waals surface area contributed by atoms with Crippen LogP contribution < -0.4 is 9.64 Å². The van der Waals surface area contributed by atoms with Crippen LogP contribution in [-0.4, -0.2) is 43.6 Å². The first-order valence-corrected chi connectivity index (χ1v) is 12.8. The van der Waals surface area contributed by atoms with Gasteiger partial charge in [0.2, 0.25) is 0 Å². The van der Waals surface area contributed by atoms with Crippen molar-refractivity contribution in [3.05, 3.63) is 95.4 Å². The van der Waals surface area contributed by atoms with Crippen molar-refractivity contribution in [2.24, 2.45) is 0 Å². The van der Waals surface area contributed by atoms with Crippen molar-refractivity contribution in [3.8, 4) is 5.75 Å². The molecule has 0 saturated carbocycles. The minimum Gasteiger partial charge on any atom is -0.497 e. The molecule has 4 aromatic rings. The second-order valence-electron chi connectivity index (χ2n) is 8.83. The molecule has 34 heavy (non-hydrogen) atoms. The van der Waals surface area contributed by atoms with Gasteiger partial charge in [0.1, 0.15) is 5.75 Å². The zero-order valence-electron chi connectivity index (χ0n) is 19.5. The van der Waals surface area contributed by atoms with Gasteiger partial charge in [-0.3, -0.25) is 4.79 Å². The van der Waals surface area contributed by atoms with E-state index in [2.05, 4.69) is 47.4 Å². The van der Waals surface area contributed by atoms with Crippen molar-refractivity contribution in [1.82, 2.24) is 4.90 Å². The molecule has 1 aliphatic heterocycles. The van der Waals surface area contributed by atoms with Crippen LogP contribution in [0.5, 0.6) is 5.75 Å². The van der Waals surface area contributed by atoms with Crippen LogP contribution in [0.1, 0.15) is 28.1 Å². The summed E-state index contributed by atoms with van der Waals surface area (Å²) in [6, 6.07) is 29.0. The maximum atomic E-state index is 13.9. The van der Waals surface area contributed by atoms with Crippen LogP contribution in [0.25, 0.3) is 10.1 Å². The van der Waals surface area contributed by atoms with Crippen molar-refractivity contribution in [1.29, 1.82) is 0 Å². The monoisotopic (exact) mass is 470 g/mol. The van der Waals surface area contributed by atoms with E-state index in [1.54, 1.807) is 18.4 Å². The second-order valence-corrected chi connectivity index (χ2v) is 9.92. The van der Waals surface area contributed by atoms with Gasteiger partial charge in [0.05, 0.1) is 12.0 Å². The van der Waals surface area contributed by atoms with Gasteiger partial charge in [0.25, 0.3) is 5.91 Å². The number of hydrogen-bond acceptors (Lipinski definition) is 4. The molecule has 5 heteroatoms. The van der Waals surface area contributed by atoms with E-state index in [0.717, 1.165) is 65.3 Å². The van der Waals surface area contributed by atoms with E-state index in [-0.39, 0.29) is 11.9 Å². The van der Waals surface area contributed by atoms with Gasteiger partial charge in [0, 0.05) is 42.1 Å². The van der Waals surface area contributed by atoms with Crippen molar-refractivity contribution < 1.29 is 9.53 Å². The van der Waals surface area contributed by atoms with Gasteiger partial charge in [-0.05, 0) is 54.5 Å². The molecule has 174 valence electrons. The Kier molecular flexibility index (Phi) is 6.93. The number of ether oxygens (including phenoxy) is 1. The van der Waals surface area contributed by atoms with Crippen molar-refractivity contribution in [2.45, 2.75) is 25.3 Å². The molecular formula is C29H30N2O2S. The first kappa shape index (κ1) is 22.6. The van der Waals surface area contributed by atoms with E-state index >= 15 is 0 Å². The van der Waals surface area contributed by atoms with Gasteiger partial charge in [-0.15, -0.1) is 11.3 Å². The van der Waals surface area contributed by atoms with Crippen LogP contribution >= 0.6 is 11.3 Å². The lowest BCUT2D eigenvalue weighted by molar-refractivity contribution is 0.0964. The Bertz CT molecular complexity index is 1210. The lowest BCUT2D eigenvalue weighted by atomic mass is 10.0. The number of carbonyl (C=O) groups excluding carboxylic acids is 1. The average molecular weight is 471 g/mol. The molecule has 0 spiro atoms. The van der Waals surface area contributed by atoms with Crippen LogP contribution in [-0.2, 0) is 6.42 Å². The third-order valence-electron chi connectivity index (χ3n) is 6.67. The van der Waals surface area contributed by atoms with Gasteiger partial charge < -0.3 is 14.5 Å². The Morgan fingerprint density at radius 1 is 0.971 bits per heavy atom. The molecule has 0 radical (unpaired) electrons. The molecule has 1 saturated heterocycles. The summed E-state index contributed by atoms with van der Waals surface area (Å²) >= 11 is 1.58. The smallest absolute Gasteiger partial charge is 0.268 e. The molecule has 3 aromatic carbocycles. The molecule has 0 aliphatic carbocycles. The molecule has 5 rings (SSSR count). The third-order valence-corrected chi connectivity index (χ3v) is 7.77. The fraction of sp³-hybridized carbons (Fsp3) is 0.276. The molecule has 1 amide bonds. The van der Waals surface area contributed by atoms with E-state index in [1.165, 1.54) is 5.56 Å². The standard InChI is InChI=1S/C29H30N2O2S/c1-33-26-12-7-11-25(21-26)31(29(32)28-20-23-10-5-6-13-27(23)34-28)24-15-18-30(19-16-24)17-14-22-8-3-2-4-9-22/h2-13,20-21,24H,14-19H2,1H3. The summed E-state index contributed by atoms with van der Waals surface area (Å²) in [5, 5.41) is 1.12. The maximum Gasteiger partial charge on any atom is 0.268 e. The highest BCUT2D eigenvalue weighted by Crippen LogP contribution is 2.32. The van der Waals surface area contributed by atoms with Gasteiger partial charge in [-0.2, -0.15) is 0 Å². The maximum absolute atomic E-state index is 13.9. The highest BCUT2D eigenvalue weighted by molar-refractivity contribution is 7.20. The molecule has 0 atom stereocenters. The normalized spacial score (nSPS) is 14.9. The van der Waals surface area contributed by atoms with Crippen molar-refractivity contribution in [3.63, 3.8) is 0 Å². The van der Waals surface area contributed by atoms with E-state index in [0.29, 0.717) is 0 Å². The predicted molar refractivity (Wildman–Crippen MR) is 141 cm³/mol. The highest BCUT2D eigenvalue weighted by Gasteiger charge is 2.31. The lowest BCUT2D eigenvalue weighted by Crippen LogP contribution is -2.48. The first-order valence-electron chi connectivity index (χ1n) is 11.9. The summed E-state index contributed by atoms with van der Waals surface area (Å²) in [5.41, 5.74) is 2.28. The topological polar surface area (TPSA) is 32.8 Å². The van der Waals surface area contributed by atoms with E-state index in [9.17, 15) is 4.79 Å². The summed E-state index contributed by atoms with van der Waals surface area (Å²) in [4.78, 5) is 19.2. The van der Waals surface area contributed by atoms with Crippen LogP contribution in [0, 0.1) is 0 Å². The fourth-order valence-corrected chi connectivity index (χ4v) is 5.79. The van der Waals surface area contributed by atoms with E-state index < -0.39 is 0 Å². The van der Waals surface area contributed by atoms with Gasteiger partial charge in [-0.25, -0.2) is 0 Å². The summed E-state index contributed by atoms with van der Waals surface area (Å²) < 4.78 is 6.62. The van der Waals surface area contributed by atoms with Gasteiger partial charge in [-0.1, -0.05) is 54.6 Å². The largest absolute Gasteiger partial charge is 0.497 e. The van der Waals surface area contributed by atoms with E-state index in [1.807, 2.05) is 47.4 Å². The minimum absolute atomic E-state index is 0.0807. The number of hydrogen-bond donors (Lipinski definition) is 0. The number of likely N-dealkylation sites (tertiary alicyclic amines) is 1. The molecule has 0 N–H and O–H groups in total. The Hall–Kier alpha value is -3.15. The van der Waals surface area contributed by atoms with Crippen LogP contribution in [0.3, 0.4) is 0 Å². The number of rotatable bonds is 7. The number of thiophene rings is 1. The van der Waals surface area contributed by atoms with Crippen LogP contribution in [0.2, 0.25) is 0 Å². The van der Waals surface area contributed by atoms with Gasteiger partial charge in [0.15, 0.2) is 0 Å². The number of anilines is 1. The lowest BCUT2D eigenvalue weighted by Gasteiger charge is -2.38. The summed E-state index contributed by atoms with van der Waals surface area (Å²) in [6.45, 7) is 3.05. The predicted octanol–water partition coefficient (Wildman–Crippen LogP) is 6.26. The zero-order chi connectivity index (χ0) is 23.3. The number of carbonyl (C=O) groups is 1. The second kappa shape index (κ2) is 10.4. The Balaban J connectivity index is 1.35. The molecule has 2 heterocycles. The third kappa shape index (κ3) is 5.01. The molecule has 1 aromatic heterocycles. The summed E-state index contributed by atoms with van der Waals surface area (Å²) in [5.74, 6) is 0.851. The Morgan fingerprint density at radius 3 is 2.50 bits per heavy atom. The van der Waals surface area contributed by atoms with Crippen LogP contribution in [0.15, 0.2) is 84.9 Å². The number of benzene rings is 3. The molecule has 1 fully saturated rings. The van der Waals surface area contributed by atoms with E-state index in [4.69, 9.17) is 4.74 Å². The fourth-order valence-electron chi connectivity index (χ4n) is 4.79. The molecule has 4 nitrogen and oxygen atoms in total. The average Bonchev–Trinajstić information content (AvgIpc) is 3.34. The molecule has 0 bridgehead atoms. The van der Waals surface area contributed by atoms with Gasteiger partial charge >= 0.3 is 0 Å². The summed E-state index contributed by atoms with van der Waals surface area (Å²) in [6.07, 6.45) is 2.98. The summed E-state index contributed by atoms with van der Waals surface area (Å²) in [7, 11) is 1.67. The first-order chi connectivity index (χ1) is 16.7. The molecule has 0 unspecified atom stereocenters. The quantitative estimate of drug-likeness (QED) is 0.319. The highest BCUT2D eigenvalue weighted by atomic mass is 32.1. The number of methoxy groups -OCH3 is 1. The molecule has 1 aliphatic rings. The minimum atomic E-state index is 0.0807. The number of nitrogens with zero attached hydrogens (tertiary/aromatic N) is 2. The Labute approximate surface area is 205 Å². The number of amides is 1. The SMILES string of the molecule is COc1cccc(N(C(=O)c2cc3ccccc3s2)C2CCN(CCc3ccccc3)CC2)c1. The zero-order valence-corrected chi connectivity index (χ0v) is 20.3. The number of piperidine rings is 1. The van der Waals surface area contributed by atoms with Crippen molar-refractivity contribution in [2.75, 3.05) is 31.6 Å². The number of fused-ring (bicyclic) bond motifs is 1. The Morgan fingerprint density at radius 2 is 1.74 bits per heavy atom. The van der Waals surface area contributed by atoms with Crippen molar-refractivity contribution >= 4 is 33.0 Å².